The predicted molar refractivity (Wildman–Crippen MR) is 157 cm³/mol. The molecule has 0 radical (unpaired) electrons. The van der Waals surface area contributed by atoms with Crippen LogP contribution in [0.5, 0.6) is 17.2 Å². The van der Waals surface area contributed by atoms with Crippen LogP contribution >= 0.6 is 0 Å². The molecule has 1 aliphatic rings. The molecule has 3 aromatic rings. The minimum Gasteiger partial charge on any atom is -0.497 e. The van der Waals surface area contributed by atoms with Crippen LogP contribution in [0.3, 0.4) is 0 Å². The van der Waals surface area contributed by atoms with Gasteiger partial charge in [0, 0.05) is 25.7 Å². The number of methoxy groups -OCH3 is 3. The van der Waals surface area contributed by atoms with Crippen molar-refractivity contribution in [1.82, 2.24) is 8.61 Å². The predicted octanol–water partition coefficient (Wildman–Crippen LogP) is 5.06. The molecule has 0 saturated carbocycles. The summed E-state index contributed by atoms with van der Waals surface area (Å²) < 4.78 is 73.9. The average molecular weight is 603 g/mol. The summed E-state index contributed by atoms with van der Waals surface area (Å²) >= 11 is 0. The molecule has 3 aromatic carbocycles. The summed E-state index contributed by atoms with van der Waals surface area (Å²) in [5.74, 6) is 1.64. The molecule has 1 aliphatic heterocycles. The van der Waals surface area contributed by atoms with E-state index in [1.165, 1.54) is 42.8 Å². The number of rotatable bonds is 12. The molecule has 0 N–H and O–H groups in total. The molecule has 11 heteroatoms. The maximum atomic E-state index is 14.0. The van der Waals surface area contributed by atoms with Gasteiger partial charge in [-0.25, -0.2) is 16.8 Å². The number of piperidine rings is 1. The standard InChI is InChI=1S/C30H38N2O7S2/c1-5-25-10-6-7-18-32(25)41(35,36)28-15-13-27(14-16-28)40(33,34)31(21-23-9-8-11-26(19-23)37-2)22-24-12-17-29(38-3)30(20-24)39-4/h8-9,11-17,19-20,25H,5-7,10,18,21-22H2,1-4H3. The minimum absolute atomic E-state index is 0.00510. The average Bonchev–Trinajstić information content (AvgIpc) is 3.00. The molecule has 1 unspecified atom stereocenters. The first-order valence-corrected chi connectivity index (χ1v) is 16.5. The number of nitrogens with zero attached hydrogens (tertiary/aromatic N) is 2. The lowest BCUT2D eigenvalue weighted by Crippen LogP contribution is -2.43. The van der Waals surface area contributed by atoms with E-state index < -0.39 is 20.0 Å². The van der Waals surface area contributed by atoms with E-state index in [0.717, 1.165) is 31.2 Å². The van der Waals surface area contributed by atoms with Crippen molar-refractivity contribution < 1.29 is 31.0 Å². The highest BCUT2D eigenvalue weighted by Gasteiger charge is 2.33. The van der Waals surface area contributed by atoms with Crippen LogP contribution in [0, 0.1) is 0 Å². The maximum Gasteiger partial charge on any atom is 0.243 e. The van der Waals surface area contributed by atoms with Gasteiger partial charge in [0.1, 0.15) is 5.75 Å². The molecule has 1 heterocycles. The van der Waals surface area contributed by atoms with Crippen LogP contribution in [-0.4, -0.2) is 59.4 Å². The number of hydrogen-bond acceptors (Lipinski definition) is 7. The quantitative estimate of drug-likeness (QED) is 0.286. The van der Waals surface area contributed by atoms with Crippen molar-refractivity contribution in [2.24, 2.45) is 0 Å². The zero-order valence-corrected chi connectivity index (χ0v) is 25.6. The lowest BCUT2D eigenvalue weighted by atomic mass is 10.0. The first-order valence-electron chi connectivity index (χ1n) is 13.6. The van der Waals surface area contributed by atoms with E-state index in [9.17, 15) is 16.8 Å². The molecule has 9 nitrogen and oxygen atoms in total. The van der Waals surface area contributed by atoms with Crippen molar-refractivity contribution >= 4 is 20.0 Å². The Hall–Kier alpha value is -3.12. The third-order valence-corrected chi connectivity index (χ3v) is 11.2. The summed E-state index contributed by atoms with van der Waals surface area (Å²) in [7, 11) is -3.17. The van der Waals surface area contributed by atoms with Gasteiger partial charge in [0.25, 0.3) is 0 Å². The van der Waals surface area contributed by atoms with E-state index in [4.69, 9.17) is 14.2 Å². The Labute approximate surface area is 243 Å². The Kier molecular flexibility index (Phi) is 9.96. The van der Waals surface area contributed by atoms with E-state index in [2.05, 4.69) is 0 Å². The molecule has 0 spiro atoms. The van der Waals surface area contributed by atoms with Gasteiger partial charge in [-0.05, 0) is 78.9 Å². The summed E-state index contributed by atoms with van der Waals surface area (Å²) in [4.78, 5) is 0.0987. The molecule has 0 amide bonds. The smallest absolute Gasteiger partial charge is 0.243 e. The zero-order valence-electron chi connectivity index (χ0n) is 23.9. The van der Waals surface area contributed by atoms with Crippen molar-refractivity contribution in [3.63, 3.8) is 0 Å². The molecule has 1 fully saturated rings. The molecule has 0 aliphatic carbocycles. The van der Waals surface area contributed by atoms with Crippen LogP contribution < -0.4 is 14.2 Å². The Morgan fingerprint density at radius 3 is 2.07 bits per heavy atom. The highest BCUT2D eigenvalue weighted by molar-refractivity contribution is 7.89. The number of hydrogen-bond donors (Lipinski definition) is 0. The van der Waals surface area contributed by atoms with Gasteiger partial charge in [-0.2, -0.15) is 8.61 Å². The molecule has 222 valence electrons. The van der Waals surface area contributed by atoms with Crippen molar-refractivity contribution in [2.75, 3.05) is 27.9 Å². The van der Waals surface area contributed by atoms with Crippen LogP contribution in [0.4, 0.5) is 0 Å². The lowest BCUT2D eigenvalue weighted by Gasteiger charge is -2.34. The van der Waals surface area contributed by atoms with Crippen LogP contribution in [0.15, 0.2) is 76.5 Å². The van der Waals surface area contributed by atoms with Gasteiger partial charge in [0.15, 0.2) is 11.5 Å². The van der Waals surface area contributed by atoms with E-state index in [-0.39, 0.29) is 28.9 Å². The fraction of sp³-hybridized carbons (Fsp3) is 0.400. The second kappa shape index (κ2) is 13.2. The lowest BCUT2D eigenvalue weighted by molar-refractivity contribution is 0.246. The first-order chi connectivity index (χ1) is 19.6. The van der Waals surface area contributed by atoms with Gasteiger partial charge < -0.3 is 14.2 Å². The zero-order chi connectivity index (χ0) is 29.6. The third-order valence-electron chi connectivity index (χ3n) is 7.41. The van der Waals surface area contributed by atoms with Crippen molar-refractivity contribution in [1.29, 1.82) is 0 Å². The van der Waals surface area contributed by atoms with Crippen LogP contribution in [0.25, 0.3) is 0 Å². The van der Waals surface area contributed by atoms with Gasteiger partial charge in [-0.3, -0.25) is 0 Å². The molecule has 0 aromatic heterocycles. The van der Waals surface area contributed by atoms with Gasteiger partial charge in [-0.1, -0.05) is 31.5 Å². The Bertz CT molecular complexity index is 1540. The number of ether oxygens (including phenoxy) is 3. The van der Waals surface area contributed by atoms with Crippen molar-refractivity contribution in [3.05, 3.63) is 77.9 Å². The van der Waals surface area contributed by atoms with E-state index in [1.54, 1.807) is 47.8 Å². The summed E-state index contributed by atoms with van der Waals surface area (Å²) in [5, 5.41) is 0. The molecule has 1 atom stereocenters. The number of benzene rings is 3. The summed E-state index contributed by atoms with van der Waals surface area (Å²) in [5.41, 5.74) is 1.44. The fourth-order valence-electron chi connectivity index (χ4n) is 5.15. The van der Waals surface area contributed by atoms with E-state index in [1.807, 2.05) is 13.0 Å². The first kappa shape index (κ1) is 30.8. The molecular formula is C30H38N2O7S2. The highest BCUT2D eigenvalue weighted by atomic mass is 32.2. The van der Waals surface area contributed by atoms with Gasteiger partial charge in [0.2, 0.25) is 20.0 Å². The topological polar surface area (TPSA) is 102 Å². The minimum atomic E-state index is -4.04. The maximum absolute atomic E-state index is 14.0. The molecule has 4 rings (SSSR count). The van der Waals surface area contributed by atoms with Gasteiger partial charge in [0.05, 0.1) is 31.1 Å². The normalized spacial score (nSPS) is 16.5. The Morgan fingerprint density at radius 2 is 1.44 bits per heavy atom. The monoisotopic (exact) mass is 602 g/mol. The van der Waals surface area contributed by atoms with Crippen LogP contribution in [0.1, 0.15) is 43.7 Å². The van der Waals surface area contributed by atoms with Crippen LogP contribution in [-0.2, 0) is 33.1 Å². The summed E-state index contributed by atoms with van der Waals surface area (Å²) in [6.45, 7) is 2.58. The number of sulfonamides is 2. The highest BCUT2D eigenvalue weighted by Crippen LogP contribution is 2.31. The van der Waals surface area contributed by atoms with E-state index >= 15 is 0 Å². The van der Waals surface area contributed by atoms with Gasteiger partial charge in [-0.15, -0.1) is 0 Å². The molecule has 41 heavy (non-hydrogen) atoms. The summed E-state index contributed by atoms with van der Waals surface area (Å²) in [6, 6.07) is 18.0. The van der Waals surface area contributed by atoms with Crippen molar-refractivity contribution in [3.8, 4) is 17.2 Å². The fourth-order valence-corrected chi connectivity index (χ4v) is 8.33. The van der Waals surface area contributed by atoms with Gasteiger partial charge >= 0.3 is 0 Å². The van der Waals surface area contributed by atoms with Crippen molar-refractivity contribution in [2.45, 2.75) is 61.5 Å². The second-order valence-corrected chi connectivity index (χ2v) is 13.8. The Morgan fingerprint density at radius 1 is 0.780 bits per heavy atom. The van der Waals surface area contributed by atoms with E-state index in [0.29, 0.717) is 29.4 Å². The Balaban J connectivity index is 1.68. The molecule has 1 saturated heterocycles. The van der Waals surface area contributed by atoms with Crippen LogP contribution in [0.2, 0.25) is 0 Å². The SMILES string of the molecule is CCC1CCCCN1S(=O)(=O)c1ccc(S(=O)(=O)N(Cc2cccc(OC)c2)Cc2ccc(OC)c(OC)c2)cc1. The second-order valence-electron chi connectivity index (χ2n) is 9.96. The largest absolute Gasteiger partial charge is 0.497 e. The molecule has 0 bridgehead atoms. The summed E-state index contributed by atoms with van der Waals surface area (Å²) in [6.07, 6.45) is 3.39. The third kappa shape index (κ3) is 6.86. The molecular weight excluding hydrogens is 564 g/mol.